The predicted octanol–water partition coefficient (Wildman–Crippen LogP) is 1.28. The van der Waals surface area contributed by atoms with E-state index in [-0.39, 0.29) is 59.5 Å². The number of carbonyl (C=O) groups is 2. The van der Waals surface area contributed by atoms with Gasteiger partial charge in [0.25, 0.3) is 0 Å². The molecule has 6 nitrogen and oxygen atoms in total. The van der Waals surface area contributed by atoms with Crippen LogP contribution in [0.25, 0.3) is 0 Å². The van der Waals surface area contributed by atoms with Crippen LogP contribution in [0.5, 0.6) is 0 Å². The van der Waals surface area contributed by atoms with Gasteiger partial charge in [0.2, 0.25) is 11.8 Å². The minimum Gasteiger partial charge on any atom is -0.370 e. The summed E-state index contributed by atoms with van der Waals surface area (Å²) >= 11 is 0. The number of guanidine groups is 1. The summed E-state index contributed by atoms with van der Waals surface area (Å²) in [5.41, 5.74) is 6.67. The quantitative estimate of drug-likeness (QED) is 0.161. The van der Waals surface area contributed by atoms with E-state index in [2.05, 4.69) is 29.0 Å². The molecule has 0 aromatic rings. The normalized spacial score (nSPS) is 30.5. The Bertz CT molecular complexity index is 571. The van der Waals surface area contributed by atoms with Gasteiger partial charge < -0.3 is 11.1 Å². The first kappa shape index (κ1) is 19.0. The standard InChI is InChI=1S/C17H24N4O2.HI/c1-10(2)9-20-17(18)19-6-3-7-21-15(22)13-11-4-5-12(8-11)14(13)16(21)23;/h4-5,11-14H,1,3,6-9H2,2H3,(H3,18,19,20);1H. The molecule has 1 heterocycles. The number of fused-ring (bicyclic) bond motifs is 5. The molecular weight excluding hydrogens is 419 g/mol. The molecule has 1 aliphatic heterocycles. The largest absolute Gasteiger partial charge is 0.370 e. The number of carbonyl (C=O) groups excluding carboxylic acids is 2. The van der Waals surface area contributed by atoms with Gasteiger partial charge in [0, 0.05) is 13.1 Å². The molecule has 7 heteroatoms. The maximum atomic E-state index is 12.5. The lowest BCUT2D eigenvalue weighted by Crippen LogP contribution is -2.37. The third-order valence-electron chi connectivity index (χ3n) is 4.95. The van der Waals surface area contributed by atoms with Crippen molar-refractivity contribution in [1.82, 2.24) is 10.2 Å². The van der Waals surface area contributed by atoms with Crippen molar-refractivity contribution in [2.24, 2.45) is 34.4 Å². The van der Waals surface area contributed by atoms with Crippen LogP contribution in [-0.2, 0) is 9.59 Å². The van der Waals surface area contributed by atoms with Crippen LogP contribution < -0.4 is 11.1 Å². The molecule has 0 spiro atoms. The first-order chi connectivity index (χ1) is 11.0. The van der Waals surface area contributed by atoms with Crippen molar-refractivity contribution in [3.63, 3.8) is 0 Å². The highest BCUT2D eigenvalue weighted by atomic mass is 127. The number of aliphatic imine (C=N–C) groups is 1. The maximum absolute atomic E-state index is 12.5. The van der Waals surface area contributed by atoms with Crippen LogP contribution in [0.1, 0.15) is 19.8 Å². The summed E-state index contributed by atoms with van der Waals surface area (Å²) in [6.45, 7) is 7.19. The highest BCUT2D eigenvalue weighted by molar-refractivity contribution is 14.0. The second-order valence-electron chi connectivity index (χ2n) is 6.77. The number of hydrogen-bond acceptors (Lipinski definition) is 3. The molecule has 0 aromatic heterocycles. The van der Waals surface area contributed by atoms with Crippen molar-refractivity contribution in [1.29, 1.82) is 0 Å². The number of nitrogens with one attached hydrogen (secondary N) is 1. The molecule has 4 unspecified atom stereocenters. The van der Waals surface area contributed by atoms with Crippen LogP contribution in [0.2, 0.25) is 0 Å². The number of nitrogens with two attached hydrogens (primary N) is 1. The smallest absolute Gasteiger partial charge is 0.233 e. The summed E-state index contributed by atoms with van der Waals surface area (Å²) in [7, 11) is 0. The van der Waals surface area contributed by atoms with Gasteiger partial charge in [0.15, 0.2) is 5.96 Å². The van der Waals surface area contributed by atoms with Gasteiger partial charge >= 0.3 is 0 Å². The Hall–Kier alpha value is -1.38. The third kappa shape index (κ3) is 3.50. The average Bonchev–Trinajstić information content (AvgIpc) is 3.17. The molecule has 2 bridgehead atoms. The number of nitrogens with zero attached hydrogens (tertiary/aromatic N) is 2. The lowest BCUT2D eigenvalue weighted by atomic mass is 9.85. The molecule has 0 radical (unpaired) electrons. The van der Waals surface area contributed by atoms with E-state index in [9.17, 15) is 9.59 Å². The molecule has 2 amide bonds. The third-order valence-corrected chi connectivity index (χ3v) is 4.95. The van der Waals surface area contributed by atoms with Crippen molar-refractivity contribution in [2.45, 2.75) is 19.8 Å². The Morgan fingerprint density at radius 1 is 1.33 bits per heavy atom. The Kier molecular flexibility index (Phi) is 6.06. The fourth-order valence-electron chi connectivity index (χ4n) is 3.91. The molecule has 132 valence electrons. The number of amides is 2. The molecule has 0 aromatic carbocycles. The van der Waals surface area contributed by atoms with Crippen LogP contribution in [-0.4, -0.2) is 42.3 Å². The topological polar surface area (TPSA) is 87.8 Å². The lowest BCUT2D eigenvalue weighted by molar-refractivity contribution is -0.140. The molecule has 3 rings (SSSR count). The fraction of sp³-hybridized carbons (Fsp3) is 0.588. The maximum Gasteiger partial charge on any atom is 0.233 e. The van der Waals surface area contributed by atoms with Crippen LogP contribution in [0.4, 0.5) is 0 Å². The van der Waals surface area contributed by atoms with Gasteiger partial charge in [-0.25, -0.2) is 4.99 Å². The summed E-state index contributed by atoms with van der Waals surface area (Å²) in [4.78, 5) is 30.5. The number of halogens is 1. The van der Waals surface area contributed by atoms with E-state index in [1.54, 1.807) is 0 Å². The van der Waals surface area contributed by atoms with E-state index in [0.29, 0.717) is 32.0 Å². The second-order valence-corrected chi connectivity index (χ2v) is 6.77. The predicted molar refractivity (Wildman–Crippen MR) is 104 cm³/mol. The second kappa shape index (κ2) is 7.67. The molecule has 2 fully saturated rings. The number of likely N-dealkylation sites (tertiary alicyclic amines) is 1. The molecule has 1 saturated carbocycles. The summed E-state index contributed by atoms with van der Waals surface area (Å²) in [5.74, 6) is 0.733. The SMILES string of the molecule is C=C(C)CN=C(N)NCCCN1C(=O)C2C3C=CC(C3)C2C1=O.I. The summed E-state index contributed by atoms with van der Waals surface area (Å²) in [6, 6.07) is 0. The van der Waals surface area contributed by atoms with E-state index >= 15 is 0 Å². The molecule has 1 saturated heterocycles. The van der Waals surface area contributed by atoms with E-state index < -0.39 is 0 Å². The minimum atomic E-state index is -0.104. The summed E-state index contributed by atoms with van der Waals surface area (Å²) in [6.07, 6.45) is 5.86. The molecular formula is C17H25IN4O2. The Labute approximate surface area is 159 Å². The van der Waals surface area contributed by atoms with Crippen molar-refractivity contribution < 1.29 is 9.59 Å². The highest BCUT2D eigenvalue weighted by Gasteiger charge is 2.58. The number of imide groups is 1. The van der Waals surface area contributed by atoms with E-state index in [1.165, 1.54) is 4.90 Å². The Balaban J connectivity index is 0.00000208. The number of allylic oxidation sites excluding steroid dienone is 2. The number of rotatable bonds is 6. The van der Waals surface area contributed by atoms with Crippen LogP contribution >= 0.6 is 24.0 Å². The molecule has 24 heavy (non-hydrogen) atoms. The van der Waals surface area contributed by atoms with E-state index in [4.69, 9.17) is 5.73 Å². The van der Waals surface area contributed by atoms with Gasteiger partial charge in [0.1, 0.15) is 0 Å². The van der Waals surface area contributed by atoms with Gasteiger partial charge in [-0.2, -0.15) is 0 Å². The van der Waals surface area contributed by atoms with Gasteiger partial charge in [-0.05, 0) is 31.6 Å². The molecule has 4 atom stereocenters. The van der Waals surface area contributed by atoms with E-state index in [1.807, 2.05) is 6.92 Å². The lowest BCUT2D eigenvalue weighted by Gasteiger charge is -2.17. The fourth-order valence-corrected chi connectivity index (χ4v) is 3.91. The van der Waals surface area contributed by atoms with Crippen molar-refractivity contribution in [3.05, 3.63) is 24.3 Å². The van der Waals surface area contributed by atoms with Gasteiger partial charge in [0.05, 0.1) is 18.4 Å². The van der Waals surface area contributed by atoms with E-state index in [0.717, 1.165) is 12.0 Å². The summed E-state index contributed by atoms with van der Waals surface area (Å²) < 4.78 is 0. The number of hydrogen-bond donors (Lipinski definition) is 2. The van der Waals surface area contributed by atoms with Gasteiger partial charge in [-0.15, -0.1) is 24.0 Å². The van der Waals surface area contributed by atoms with Crippen molar-refractivity contribution in [2.75, 3.05) is 19.6 Å². The molecule has 2 aliphatic carbocycles. The van der Waals surface area contributed by atoms with Gasteiger partial charge in [-0.3, -0.25) is 14.5 Å². The van der Waals surface area contributed by atoms with Crippen molar-refractivity contribution >= 4 is 41.8 Å². The minimum absolute atomic E-state index is 0. The average molecular weight is 444 g/mol. The monoisotopic (exact) mass is 444 g/mol. The summed E-state index contributed by atoms with van der Waals surface area (Å²) in [5, 5.41) is 3.00. The zero-order valence-corrected chi connectivity index (χ0v) is 16.2. The van der Waals surface area contributed by atoms with Crippen LogP contribution in [0.15, 0.2) is 29.3 Å². The van der Waals surface area contributed by atoms with Crippen LogP contribution in [0.3, 0.4) is 0 Å². The first-order valence-corrected chi connectivity index (χ1v) is 8.20. The molecule has 3 aliphatic rings. The van der Waals surface area contributed by atoms with Crippen molar-refractivity contribution in [3.8, 4) is 0 Å². The van der Waals surface area contributed by atoms with Crippen LogP contribution in [0, 0.1) is 23.7 Å². The highest BCUT2D eigenvalue weighted by Crippen LogP contribution is 2.52. The molecule has 3 N–H and O–H groups in total. The Morgan fingerprint density at radius 2 is 1.92 bits per heavy atom. The Morgan fingerprint density at radius 3 is 2.46 bits per heavy atom. The first-order valence-electron chi connectivity index (χ1n) is 8.20. The zero-order chi connectivity index (χ0) is 16.6. The zero-order valence-electron chi connectivity index (χ0n) is 13.9. The van der Waals surface area contributed by atoms with Gasteiger partial charge in [-0.1, -0.05) is 24.3 Å².